The van der Waals surface area contributed by atoms with Crippen LogP contribution in [0.1, 0.15) is 12.5 Å². The van der Waals surface area contributed by atoms with Gasteiger partial charge in [0.2, 0.25) is 11.2 Å². The molecule has 4 aromatic rings. The molecule has 0 saturated heterocycles. The highest BCUT2D eigenvalue weighted by Gasteiger charge is 2.22. The van der Waals surface area contributed by atoms with Crippen molar-refractivity contribution in [3.05, 3.63) is 101 Å². The van der Waals surface area contributed by atoms with Gasteiger partial charge in [-0.05, 0) is 31.0 Å². The van der Waals surface area contributed by atoms with Crippen LogP contribution in [-0.2, 0) is 11.2 Å². The maximum Gasteiger partial charge on any atom is 0.260 e. The summed E-state index contributed by atoms with van der Waals surface area (Å²) in [6, 6.07) is 26.2. The van der Waals surface area contributed by atoms with Crippen molar-refractivity contribution < 1.29 is 13.9 Å². The lowest BCUT2D eigenvalue weighted by molar-refractivity contribution is -0.127. The minimum Gasteiger partial charge on any atom is -0.473 e. The lowest BCUT2D eigenvalue weighted by atomic mass is 10.1. The molecule has 5 nitrogen and oxygen atoms in total. The van der Waals surface area contributed by atoms with Crippen LogP contribution in [0.3, 0.4) is 0 Å². The molecule has 1 heterocycles. The van der Waals surface area contributed by atoms with Gasteiger partial charge in [0, 0.05) is 12.1 Å². The van der Waals surface area contributed by atoms with Gasteiger partial charge in [-0.25, -0.2) is 0 Å². The molecule has 5 heteroatoms. The fraction of sp³-hybridized carbons (Fsp3) is 0.154. The van der Waals surface area contributed by atoms with Gasteiger partial charge in [0.25, 0.3) is 5.91 Å². The molecule has 3 aromatic carbocycles. The van der Waals surface area contributed by atoms with Crippen LogP contribution in [0.15, 0.2) is 94.1 Å². The number of ether oxygens (including phenoxy) is 1. The molecule has 0 radical (unpaired) electrons. The van der Waals surface area contributed by atoms with Gasteiger partial charge in [0.1, 0.15) is 5.58 Å². The summed E-state index contributed by atoms with van der Waals surface area (Å²) in [5.41, 5.74) is 2.01. The number of para-hydroxylation sites is 1. The summed E-state index contributed by atoms with van der Waals surface area (Å²) in [6.45, 7) is 2.11. The Morgan fingerprint density at radius 2 is 1.58 bits per heavy atom. The maximum absolute atomic E-state index is 13.2. The molecule has 1 aromatic heterocycles. The number of amides is 1. The van der Waals surface area contributed by atoms with E-state index in [-0.39, 0.29) is 17.1 Å². The number of carbonyl (C=O) groups is 1. The number of hydrogen-bond acceptors (Lipinski definition) is 4. The summed E-state index contributed by atoms with van der Waals surface area (Å²) in [4.78, 5) is 25.8. The fourth-order valence-corrected chi connectivity index (χ4v) is 3.36. The van der Waals surface area contributed by atoms with Crippen LogP contribution in [0.2, 0.25) is 0 Å². The monoisotopic (exact) mass is 413 g/mol. The summed E-state index contributed by atoms with van der Waals surface area (Å²) in [5, 5.41) is 3.28. The minimum absolute atomic E-state index is 0.0376. The van der Waals surface area contributed by atoms with E-state index in [2.05, 4.69) is 5.32 Å². The van der Waals surface area contributed by atoms with E-state index in [4.69, 9.17) is 9.15 Å². The Hall–Kier alpha value is -3.86. The van der Waals surface area contributed by atoms with E-state index < -0.39 is 6.10 Å². The lowest BCUT2D eigenvalue weighted by Gasteiger charge is -2.17. The topological polar surface area (TPSA) is 68.5 Å². The molecule has 1 amide bonds. The van der Waals surface area contributed by atoms with Gasteiger partial charge >= 0.3 is 0 Å². The average molecular weight is 413 g/mol. The zero-order valence-corrected chi connectivity index (χ0v) is 17.2. The normalized spacial score (nSPS) is 11.8. The highest BCUT2D eigenvalue weighted by atomic mass is 16.5. The van der Waals surface area contributed by atoms with E-state index in [1.54, 1.807) is 25.1 Å². The van der Waals surface area contributed by atoms with E-state index in [9.17, 15) is 9.59 Å². The lowest BCUT2D eigenvalue weighted by Crippen LogP contribution is -2.38. The minimum atomic E-state index is -0.859. The van der Waals surface area contributed by atoms with Gasteiger partial charge in [-0.15, -0.1) is 0 Å². The molecule has 0 bridgehead atoms. The number of benzene rings is 3. The summed E-state index contributed by atoms with van der Waals surface area (Å²) in [5.74, 6) is 0.0614. The van der Waals surface area contributed by atoms with Crippen molar-refractivity contribution in [3.8, 4) is 17.1 Å². The molecule has 156 valence electrons. The molecule has 0 aliphatic rings. The molecular formula is C26H23NO4. The third-order valence-electron chi connectivity index (χ3n) is 5.01. The third kappa shape index (κ3) is 4.67. The van der Waals surface area contributed by atoms with E-state index >= 15 is 0 Å². The van der Waals surface area contributed by atoms with Crippen molar-refractivity contribution >= 4 is 16.9 Å². The Morgan fingerprint density at radius 1 is 0.935 bits per heavy atom. The van der Waals surface area contributed by atoms with E-state index in [1.807, 2.05) is 66.7 Å². The van der Waals surface area contributed by atoms with Crippen LogP contribution in [0.5, 0.6) is 5.75 Å². The molecule has 31 heavy (non-hydrogen) atoms. The third-order valence-corrected chi connectivity index (χ3v) is 5.01. The van der Waals surface area contributed by atoms with Crippen molar-refractivity contribution in [3.63, 3.8) is 0 Å². The van der Waals surface area contributed by atoms with Gasteiger partial charge < -0.3 is 14.5 Å². The number of nitrogens with one attached hydrogen (secondary N) is 1. The fourth-order valence-electron chi connectivity index (χ4n) is 3.36. The van der Waals surface area contributed by atoms with Gasteiger partial charge in [0.05, 0.1) is 5.39 Å². The van der Waals surface area contributed by atoms with Crippen molar-refractivity contribution in [2.75, 3.05) is 6.54 Å². The van der Waals surface area contributed by atoms with Crippen molar-refractivity contribution in [2.24, 2.45) is 0 Å². The highest BCUT2D eigenvalue weighted by molar-refractivity contribution is 5.83. The Morgan fingerprint density at radius 3 is 2.32 bits per heavy atom. The zero-order valence-electron chi connectivity index (χ0n) is 17.2. The SMILES string of the molecule is CC(Oc1c(-c2ccccc2)oc2ccccc2c1=O)C(=O)NCCc1ccccc1. The van der Waals surface area contributed by atoms with Crippen LogP contribution >= 0.6 is 0 Å². The van der Waals surface area contributed by atoms with Gasteiger partial charge in [-0.2, -0.15) is 0 Å². The van der Waals surface area contributed by atoms with Gasteiger partial charge in [-0.1, -0.05) is 72.8 Å². The number of carbonyl (C=O) groups excluding carboxylic acids is 1. The first-order chi connectivity index (χ1) is 15.1. The molecular weight excluding hydrogens is 390 g/mol. The van der Waals surface area contributed by atoms with E-state index in [0.717, 1.165) is 5.56 Å². The molecule has 1 N–H and O–H groups in total. The van der Waals surface area contributed by atoms with Crippen LogP contribution in [0, 0.1) is 0 Å². The number of fused-ring (bicyclic) bond motifs is 1. The molecule has 0 saturated carbocycles. The first-order valence-corrected chi connectivity index (χ1v) is 10.2. The van der Waals surface area contributed by atoms with Crippen molar-refractivity contribution in [1.29, 1.82) is 0 Å². The van der Waals surface area contributed by atoms with Crippen LogP contribution in [0.4, 0.5) is 0 Å². The number of rotatable bonds is 7. The second-order valence-electron chi connectivity index (χ2n) is 7.24. The summed E-state index contributed by atoms with van der Waals surface area (Å²) in [6.07, 6.45) is -0.144. The Bertz CT molecular complexity index is 1230. The summed E-state index contributed by atoms with van der Waals surface area (Å²) < 4.78 is 11.9. The maximum atomic E-state index is 13.2. The molecule has 0 fully saturated rings. The summed E-state index contributed by atoms with van der Waals surface area (Å²) >= 11 is 0. The standard InChI is InChI=1S/C26H23NO4/c1-18(26(29)27-17-16-19-10-4-2-5-11-19)30-25-23(28)21-14-8-9-15-22(21)31-24(25)20-12-6-3-7-13-20/h2-15,18H,16-17H2,1H3,(H,27,29). The average Bonchev–Trinajstić information content (AvgIpc) is 2.82. The predicted octanol–water partition coefficient (Wildman–Crippen LogP) is 4.59. The second-order valence-corrected chi connectivity index (χ2v) is 7.24. The summed E-state index contributed by atoms with van der Waals surface area (Å²) in [7, 11) is 0. The molecule has 1 atom stereocenters. The highest BCUT2D eigenvalue weighted by Crippen LogP contribution is 2.31. The van der Waals surface area contributed by atoms with Gasteiger partial charge in [-0.3, -0.25) is 9.59 Å². The quantitative estimate of drug-likeness (QED) is 0.481. The smallest absolute Gasteiger partial charge is 0.260 e. The molecule has 0 aliphatic carbocycles. The Labute approximate surface area is 180 Å². The Kier molecular flexibility index (Phi) is 6.13. The van der Waals surface area contributed by atoms with Crippen molar-refractivity contribution in [1.82, 2.24) is 5.32 Å². The predicted molar refractivity (Wildman–Crippen MR) is 121 cm³/mol. The first-order valence-electron chi connectivity index (χ1n) is 10.2. The van der Waals surface area contributed by atoms with E-state index in [0.29, 0.717) is 35.3 Å². The second kappa shape index (κ2) is 9.30. The van der Waals surface area contributed by atoms with Crippen LogP contribution < -0.4 is 15.5 Å². The largest absolute Gasteiger partial charge is 0.473 e. The van der Waals surface area contributed by atoms with Crippen LogP contribution in [-0.4, -0.2) is 18.6 Å². The zero-order chi connectivity index (χ0) is 21.6. The van der Waals surface area contributed by atoms with Crippen molar-refractivity contribution in [2.45, 2.75) is 19.4 Å². The number of hydrogen-bond donors (Lipinski definition) is 1. The molecule has 0 spiro atoms. The molecule has 1 unspecified atom stereocenters. The molecule has 4 rings (SSSR count). The first kappa shape index (κ1) is 20.4. The Balaban J connectivity index is 1.57. The van der Waals surface area contributed by atoms with Crippen LogP contribution in [0.25, 0.3) is 22.3 Å². The van der Waals surface area contributed by atoms with Gasteiger partial charge in [0.15, 0.2) is 11.9 Å². The molecule has 0 aliphatic heterocycles. The van der Waals surface area contributed by atoms with E-state index in [1.165, 1.54) is 0 Å².